The van der Waals surface area contributed by atoms with Crippen LogP contribution in [0.4, 0.5) is 10.5 Å². The van der Waals surface area contributed by atoms with Crippen molar-refractivity contribution in [1.82, 2.24) is 30.8 Å². The zero-order chi connectivity index (χ0) is 73.0. The maximum absolute atomic E-state index is 14.2. The lowest BCUT2D eigenvalue weighted by atomic mass is 9.85. The Bertz CT molecular complexity index is 3760. The summed E-state index contributed by atoms with van der Waals surface area (Å²) in [5.41, 5.74) is 15.8. The fourth-order valence-electron chi connectivity index (χ4n) is 14.3. The van der Waals surface area contributed by atoms with Crippen molar-refractivity contribution in [3.05, 3.63) is 91.8 Å². The molecule has 0 radical (unpaired) electrons. The van der Waals surface area contributed by atoms with Gasteiger partial charge in [-0.15, -0.1) is 0 Å². The lowest BCUT2D eigenvalue weighted by Crippen LogP contribution is -2.48. The lowest BCUT2D eigenvalue weighted by Gasteiger charge is -2.36. The van der Waals surface area contributed by atoms with Crippen LogP contribution in [0.2, 0.25) is 0 Å². The number of esters is 2. The average molecular weight is 1460 g/mol. The second kappa shape index (κ2) is 37.8. The second-order valence-corrected chi connectivity index (χ2v) is 30.0. The fraction of sp³-hybridized carbons (Fsp3) is 0.600. The molecule has 558 valence electrons. The minimum absolute atomic E-state index is 0.0225. The van der Waals surface area contributed by atoms with Gasteiger partial charge in [-0.25, -0.2) is 24.6 Å². The molecule has 0 saturated carbocycles. The third kappa shape index (κ3) is 20.6. The van der Waals surface area contributed by atoms with Gasteiger partial charge in [0.15, 0.2) is 23.5 Å². The van der Waals surface area contributed by atoms with Crippen LogP contribution in [-0.2, 0) is 77.6 Å². The van der Waals surface area contributed by atoms with Crippen molar-refractivity contribution in [2.24, 2.45) is 27.4 Å². The van der Waals surface area contributed by atoms with Crippen LogP contribution in [0.15, 0.2) is 57.2 Å². The van der Waals surface area contributed by atoms with Gasteiger partial charge in [0, 0.05) is 140 Å². The number of ether oxygens (including phenoxy) is 6. The molecule has 8 heterocycles. The summed E-state index contributed by atoms with van der Waals surface area (Å²) in [5, 5.41) is 16.6. The van der Waals surface area contributed by atoms with Crippen LogP contribution in [0.3, 0.4) is 0 Å². The first kappa shape index (κ1) is 77.8. The number of aromatic nitrogens is 2. The highest BCUT2D eigenvalue weighted by Gasteiger charge is 2.51. The standard InChI is InChI=1S/C75H101N11O15S2/c1-5-52-53-35-45(3)23-24-57(53)81-66-54(52)41-86-60(66)40-56-55(69(86)92)42-100-71(94)75(56,6-2)101-70(93)46(4)36-65(91)78-25-31-98-33-34-99-32-26-79-74(95)80-49-38-47(61(89)19-13-29-96-27-11-17-50(87)15-7-9-21-63-67-58(43-102-63)82-72(76)84-67)37-48(39-49)62(90)20-14-30-97-28-12-18-51(88)16-8-10-22-64-68-59(44-103-64)83-73(77)85-68/h23-24,35,37-40,46,58-59,63-64,67-68H,5-22,25-34,36,41-44H2,1-4H3,(H,78,91)(H3,76,82,84)(H3,77,83,85)(H2,79,80,95)/t46-,58+,59+,63+,64+,67+,68+,75+/m1/s1. The summed E-state index contributed by atoms with van der Waals surface area (Å²) in [5.74, 6) is -0.0309. The molecule has 3 amide bonds. The molecule has 0 bridgehead atoms. The minimum atomic E-state index is -1.92. The van der Waals surface area contributed by atoms with Crippen molar-refractivity contribution in [1.29, 1.82) is 0 Å². The van der Waals surface area contributed by atoms with Crippen LogP contribution < -0.4 is 43.6 Å². The first-order chi connectivity index (χ1) is 49.8. The summed E-state index contributed by atoms with van der Waals surface area (Å²) in [6.45, 7) is 9.57. The Morgan fingerprint density at radius 2 is 1.23 bits per heavy atom. The highest BCUT2D eigenvalue weighted by Crippen LogP contribution is 2.43. The molecule has 9 N–H and O–H groups in total. The molecule has 0 spiro atoms. The van der Waals surface area contributed by atoms with E-state index in [0.717, 1.165) is 84.0 Å². The van der Waals surface area contributed by atoms with Crippen molar-refractivity contribution in [3.63, 3.8) is 0 Å². The number of rotatable bonds is 44. The molecule has 103 heavy (non-hydrogen) atoms. The van der Waals surface area contributed by atoms with E-state index in [4.69, 9.17) is 44.9 Å². The molecule has 8 atom stereocenters. The normalized spacial score (nSPS) is 20.7. The molecule has 2 aromatic heterocycles. The van der Waals surface area contributed by atoms with Crippen LogP contribution in [0.5, 0.6) is 0 Å². The van der Waals surface area contributed by atoms with E-state index >= 15 is 0 Å². The van der Waals surface area contributed by atoms with Gasteiger partial charge >= 0.3 is 18.0 Å². The number of amides is 3. The van der Waals surface area contributed by atoms with Gasteiger partial charge in [0.05, 0.1) is 85.5 Å². The number of unbranched alkanes of at least 4 members (excludes halogenated alkanes) is 2. The average Bonchev–Trinajstić information content (AvgIpc) is 1.63. The number of guanidine groups is 2. The first-order valence-corrected chi connectivity index (χ1v) is 38.8. The number of carbonyl (C=O) groups is 8. The Morgan fingerprint density at radius 3 is 1.81 bits per heavy atom. The molecular weight excluding hydrogens is 1360 g/mol. The molecular formula is C75H101N11O15S2. The Morgan fingerprint density at radius 1 is 0.680 bits per heavy atom. The minimum Gasteiger partial charge on any atom is -0.457 e. The SMILES string of the molecule is CCc1c2c(nc3ccc(C)cc13)-c1cc3c(c(=O)n1C2)COC(=O)[C@@]3(CC)OC(=O)[C@H](C)CC(=O)NCCOCCOCCNC(=O)Nc1cc(C(=O)CCCOCCCC(=O)CCCC[C@@H]2SC[C@@H]3NC(N)=N[C@@H]32)cc(C(=O)CCCOCCCC(=O)CCCC[C@@H]2SC[C@@H]3NC(N)=N[C@@H]32)c1. The molecule has 0 aliphatic carbocycles. The van der Waals surface area contributed by atoms with Gasteiger partial charge in [-0.05, 0) is 113 Å². The van der Waals surface area contributed by atoms with E-state index in [-0.39, 0.29) is 141 Å². The number of cyclic esters (lactones) is 1. The number of urea groups is 1. The summed E-state index contributed by atoms with van der Waals surface area (Å²) in [6.07, 6.45) is 10.3. The number of benzene rings is 2. The van der Waals surface area contributed by atoms with Gasteiger partial charge in [-0.3, -0.25) is 33.6 Å². The number of hydrogen-bond donors (Lipinski definition) is 7. The van der Waals surface area contributed by atoms with Gasteiger partial charge in [-0.1, -0.05) is 45.2 Å². The monoisotopic (exact) mass is 1460 g/mol. The van der Waals surface area contributed by atoms with Crippen molar-refractivity contribution in [3.8, 4) is 11.4 Å². The topological polar surface area (TPSA) is 364 Å². The Kier molecular flexibility index (Phi) is 28.6. The number of hydrogen-bond acceptors (Lipinski definition) is 24. The van der Waals surface area contributed by atoms with Crippen LogP contribution in [-0.4, -0.2) is 181 Å². The van der Waals surface area contributed by atoms with Crippen LogP contribution >= 0.6 is 23.5 Å². The van der Waals surface area contributed by atoms with E-state index in [1.165, 1.54) is 19.1 Å². The Balaban J connectivity index is 0.610. The van der Waals surface area contributed by atoms with Crippen LogP contribution in [0.1, 0.15) is 185 Å². The number of thioether (sulfide) groups is 2. The molecule has 2 aromatic carbocycles. The first-order valence-electron chi connectivity index (χ1n) is 36.7. The smallest absolute Gasteiger partial charge is 0.355 e. The zero-order valence-corrected chi connectivity index (χ0v) is 61.4. The predicted molar refractivity (Wildman–Crippen MR) is 396 cm³/mol. The number of Topliss-reactive ketones (excluding diaryl/α,β-unsaturated/α-hetero) is 4. The highest BCUT2D eigenvalue weighted by atomic mass is 32.2. The fourth-order valence-corrected chi connectivity index (χ4v) is 17.3. The number of aryl methyl sites for hydroxylation is 2. The molecule has 6 aliphatic rings. The number of nitrogens with two attached hydrogens (primary N) is 2. The second-order valence-electron chi connectivity index (χ2n) is 27.5. The van der Waals surface area contributed by atoms with Crippen molar-refractivity contribution in [2.45, 2.75) is 203 Å². The van der Waals surface area contributed by atoms with Crippen LogP contribution in [0.25, 0.3) is 22.3 Å². The highest BCUT2D eigenvalue weighted by molar-refractivity contribution is 8.00. The van der Waals surface area contributed by atoms with E-state index < -0.39 is 35.4 Å². The molecule has 2 saturated heterocycles. The van der Waals surface area contributed by atoms with Crippen molar-refractivity contribution >= 4 is 99.0 Å². The quantitative estimate of drug-likeness (QED) is 0.0111. The van der Waals surface area contributed by atoms with Crippen molar-refractivity contribution < 1.29 is 66.8 Å². The van der Waals surface area contributed by atoms with Gasteiger partial charge in [-0.2, -0.15) is 23.5 Å². The summed E-state index contributed by atoms with van der Waals surface area (Å²) >= 11 is 3.84. The molecule has 2 fully saturated rings. The number of aliphatic imine (C=N–C) groups is 2. The number of nitrogens with zero attached hydrogens (tertiary/aromatic N) is 4. The van der Waals surface area contributed by atoms with Gasteiger partial charge in [0.2, 0.25) is 11.5 Å². The summed E-state index contributed by atoms with van der Waals surface area (Å²) in [6, 6.07) is 12.9. The molecule has 26 nitrogen and oxygen atoms in total. The maximum Gasteiger partial charge on any atom is 0.355 e. The summed E-state index contributed by atoms with van der Waals surface area (Å²) in [4.78, 5) is 135. The predicted octanol–water partition coefficient (Wildman–Crippen LogP) is 7.82. The zero-order valence-electron chi connectivity index (χ0n) is 59.8. The Hall–Kier alpha value is -7.76. The summed E-state index contributed by atoms with van der Waals surface area (Å²) in [7, 11) is 0. The molecule has 28 heteroatoms. The van der Waals surface area contributed by atoms with Gasteiger partial charge in [0.25, 0.3) is 5.56 Å². The maximum atomic E-state index is 14.2. The molecule has 0 unspecified atom stereocenters. The van der Waals surface area contributed by atoms with E-state index in [1.807, 2.05) is 42.6 Å². The molecule has 6 aliphatic heterocycles. The third-order valence-electron chi connectivity index (χ3n) is 19.8. The van der Waals surface area contributed by atoms with Crippen molar-refractivity contribution in [2.75, 3.05) is 82.8 Å². The molecule has 10 rings (SSSR count). The van der Waals surface area contributed by atoms with Gasteiger partial charge in [0.1, 0.15) is 18.2 Å². The largest absolute Gasteiger partial charge is 0.457 e. The summed E-state index contributed by atoms with van der Waals surface area (Å²) < 4.78 is 36.1. The third-order valence-corrected chi connectivity index (χ3v) is 22.8. The molecule has 4 aromatic rings. The lowest BCUT2D eigenvalue weighted by molar-refractivity contribution is -0.191. The van der Waals surface area contributed by atoms with E-state index in [0.29, 0.717) is 130 Å². The number of nitrogens with one attached hydrogen (secondary N) is 5. The Labute approximate surface area is 610 Å². The van der Waals surface area contributed by atoms with Gasteiger partial charge < -0.3 is 71.0 Å². The van der Waals surface area contributed by atoms with E-state index in [9.17, 15) is 43.2 Å². The number of carbonyl (C=O) groups excluding carboxylic acids is 8. The van der Waals surface area contributed by atoms with Crippen LogP contribution in [0, 0.1) is 12.8 Å². The number of ketones is 4. The van der Waals surface area contributed by atoms with E-state index in [2.05, 4.69) is 49.6 Å². The number of pyridine rings is 2. The number of fused-ring (bicyclic) bond motifs is 7. The number of anilines is 1. The van der Waals surface area contributed by atoms with E-state index in [1.54, 1.807) is 23.6 Å².